The summed E-state index contributed by atoms with van der Waals surface area (Å²) in [6, 6.07) is 1.81. The van der Waals surface area contributed by atoms with E-state index < -0.39 is 17.8 Å². The van der Waals surface area contributed by atoms with E-state index in [0.29, 0.717) is 0 Å². The largest absolute Gasteiger partial charge is 0.469 e. The van der Waals surface area contributed by atoms with Gasteiger partial charge in [-0.1, -0.05) is 27.2 Å². The van der Waals surface area contributed by atoms with Crippen LogP contribution in [0.3, 0.4) is 0 Å². The lowest BCUT2D eigenvalue weighted by Gasteiger charge is -2.65. The van der Waals surface area contributed by atoms with Gasteiger partial charge in [-0.05, 0) is 48.5 Å². The van der Waals surface area contributed by atoms with Crippen LogP contribution in [-0.4, -0.2) is 27.5 Å². The van der Waals surface area contributed by atoms with E-state index in [1.165, 1.54) is 0 Å². The SMILES string of the molecule is CC1(C)CCC[C@@]2(C)[C@@H]1[C@H](O)[C@H](O)[C@H]1[C@@H]2Cc2occc2[C@@]1(C)O. The molecule has 0 spiro atoms. The number of aliphatic hydroxyl groups is 3. The predicted molar refractivity (Wildman–Crippen MR) is 90.2 cm³/mol. The molecule has 3 N–H and O–H groups in total. The van der Waals surface area contributed by atoms with E-state index >= 15 is 0 Å². The molecule has 7 atom stereocenters. The Morgan fingerprint density at radius 1 is 1.08 bits per heavy atom. The zero-order valence-electron chi connectivity index (χ0n) is 15.1. The summed E-state index contributed by atoms with van der Waals surface area (Å²) in [6.45, 7) is 8.45. The molecule has 3 aliphatic carbocycles. The Balaban J connectivity index is 1.88. The van der Waals surface area contributed by atoms with Crippen molar-refractivity contribution < 1.29 is 19.7 Å². The Morgan fingerprint density at radius 3 is 2.50 bits per heavy atom. The first-order valence-electron chi connectivity index (χ1n) is 9.26. The molecule has 4 nitrogen and oxygen atoms in total. The Kier molecular flexibility index (Phi) is 3.37. The summed E-state index contributed by atoms with van der Waals surface area (Å²) >= 11 is 0. The lowest BCUT2D eigenvalue weighted by Crippen LogP contribution is -2.67. The number of aliphatic hydroxyl groups excluding tert-OH is 2. The Bertz CT molecular complexity index is 646. The monoisotopic (exact) mass is 334 g/mol. The molecule has 4 rings (SSSR count). The molecular weight excluding hydrogens is 304 g/mol. The summed E-state index contributed by atoms with van der Waals surface area (Å²) in [7, 11) is 0. The second-order valence-corrected chi connectivity index (χ2v) is 9.55. The van der Waals surface area contributed by atoms with Crippen LogP contribution in [0.5, 0.6) is 0 Å². The zero-order valence-corrected chi connectivity index (χ0v) is 15.1. The minimum absolute atomic E-state index is 0.0202. The van der Waals surface area contributed by atoms with E-state index in [0.717, 1.165) is 37.0 Å². The second-order valence-electron chi connectivity index (χ2n) is 9.55. The van der Waals surface area contributed by atoms with Crippen LogP contribution in [0.2, 0.25) is 0 Å². The molecule has 2 fully saturated rings. The molecule has 0 saturated heterocycles. The van der Waals surface area contributed by atoms with Crippen LogP contribution in [0, 0.1) is 28.6 Å². The number of hydrogen-bond donors (Lipinski definition) is 3. The van der Waals surface area contributed by atoms with Crippen LogP contribution in [0.4, 0.5) is 0 Å². The van der Waals surface area contributed by atoms with E-state index in [1.54, 1.807) is 13.2 Å². The summed E-state index contributed by atoms with van der Waals surface area (Å²) in [6.07, 6.45) is 3.86. The van der Waals surface area contributed by atoms with Gasteiger partial charge in [-0.25, -0.2) is 0 Å². The molecule has 24 heavy (non-hydrogen) atoms. The molecule has 0 radical (unpaired) electrons. The third-order valence-corrected chi connectivity index (χ3v) is 7.77. The van der Waals surface area contributed by atoms with Crippen molar-refractivity contribution in [3.05, 3.63) is 23.7 Å². The Labute approximate surface area is 143 Å². The molecule has 4 heteroatoms. The maximum atomic E-state index is 11.3. The fraction of sp³-hybridized carbons (Fsp3) is 0.800. The normalized spacial score (nSPS) is 49.9. The summed E-state index contributed by atoms with van der Waals surface area (Å²) in [4.78, 5) is 0. The lowest BCUT2D eigenvalue weighted by atomic mass is 9.42. The van der Waals surface area contributed by atoms with Gasteiger partial charge in [0.05, 0.1) is 24.1 Å². The van der Waals surface area contributed by atoms with Gasteiger partial charge < -0.3 is 19.7 Å². The van der Waals surface area contributed by atoms with Gasteiger partial charge in [-0.15, -0.1) is 0 Å². The zero-order chi connectivity index (χ0) is 17.5. The average Bonchev–Trinajstić information content (AvgIpc) is 2.93. The maximum Gasteiger partial charge on any atom is 0.110 e. The van der Waals surface area contributed by atoms with Crippen LogP contribution < -0.4 is 0 Å². The maximum absolute atomic E-state index is 11.3. The molecule has 3 aliphatic rings. The minimum atomic E-state index is -1.18. The van der Waals surface area contributed by atoms with Gasteiger partial charge in [0.25, 0.3) is 0 Å². The van der Waals surface area contributed by atoms with Crippen LogP contribution in [-0.2, 0) is 12.0 Å². The van der Waals surface area contributed by atoms with E-state index in [-0.39, 0.29) is 28.6 Å². The quantitative estimate of drug-likeness (QED) is 0.682. The molecule has 0 bridgehead atoms. The molecule has 0 aromatic carbocycles. The van der Waals surface area contributed by atoms with Crippen molar-refractivity contribution in [1.29, 1.82) is 0 Å². The number of fused-ring (bicyclic) bond motifs is 4. The highest BCUT2D eigenvalue weighted by Gasteiger charge is 2.66. The van der Waals surface area contributed by atoms with E-state index in [9.17, 15) is 15.3 Å². The first-order valence-corrected chi connectivity index (χ1v) is 9.26. The van der Waals surface area contributed by atoms with Gasteiger partial charge in [-0.3, -0.25) is 0 Å². The highest BCUT2D eigenvalue weighted by atomic mass is 16.3. The van der Waals surface area contributed by atoms with Crippen molar-refractivity contribution in [2.45, 2.75) is 71.2 Å². The second kappa shape index (κ2) is 4.87. The minimum Gasteiger partial charge on any atom is -0.469 e. The summed E-state index contributed by atoms with van der Waals surface area (Å²) in [5, 5.41) is 33.4. The van der Waals surface area contributed by atoms with Crippen molar-refractivity contribution in [2.24, 2.45) is 28.6 Å². The van der Waals surface area contributed by atoms with Gasteiger partial charge in [-0.2, -0.15) is 0 Å². The van der Waals surface area contributed by atoms with Crippen LogP contribution >= 0.6 is 0 Å². The Hall–Kier alpha value is -0.840. The first-order chi connectivity index (χ1) is 11.1. The highest BCUT2D eigenvalue weighted by molar-refractivity contribution is 5.32. The average molecular weight is 334 g/mol. The summed E-state index contributed by atoms with van der Waals surface area (Å²) < 4.78 is 5.68. The predicted octanol–water partition coefficient (Wildman–Crippen LogP) is 2.84. The first kappa shape index (κ1) is 16.6. The molecule has 0 unspecified atom stereocenters. The van der Waals surface area contributed by atoms with Gasteiger partial charge in [0, 0.05) is 17.9 Å². The van der Waals surface area contributed by atoms with Crippen molar-refractivity contribution in [2.75, 3.05) is 0 Å². The van der Waals surface area contributed by atoms with Crippen LogP contribution in [0.25, 0.3) is 0 Å². The van der Waals surface area contributed by atoms with E-state index in [2.05, 4.69) is 20.8 Å². The molecule has 1 aromatic rings. The molecule has 1 heterocycles. The fourth-order valence-corrected chi connectivity index (χ4v) is 6.87. The van der Waals surface area contributed by atoms with E-state index in [4.69, 9.17) is 4.42 Å². The molecular formula is C20H30O4. The number of rotatable bonds is 0. The molecule has 0 amide bonds. The number of furan rings is 1. The molecule has 0 aliphatic heterocycles. The third-order valence-electron chi connectivity index (χ3n) is 7.77. The lowest BCUT2D eigenvalue weighted by molar-refractivity contribution is -0.250. The summed E-state index contributed by atoms with van der Waals surface area (Å²) in [5.41, 5.74) is -0.541. The third kappa shape index (κ3) is 1.91. The fourth-order valence-electron chi connectivity index (χ4n) is 6.87. The van der Waals surface area contributed by atoms with Crippen molar-refractivity contribution >= 4 is 0 Å². The molecule has 1 aromatic heterocycles. The van der Waals surface area contributed by atoms with Crippen LogP contribution in [0.15, 0.2) is 16.7 Å². The Morgan fingerprint density at radius 2 is 1.79 bits per heavy atom. The number of hydrogen-bond acceptors (Lipinski definition) is 4. The summed E-state index contributed by atoms with van der Waals surface area (Å²) in [5.74, 6) is 0.609. The highest BCUT2D eigenvalue weighted by Crippen LogP contribution is 2.65. The smallest absolute Gasteiger partial charge is 0.110 e. The molecule has 2 saturated carbocycles. The van der Waals surface area contributed by atoms with Gasteiger partial charge in [0.1, 0.15) is 5.76 Å². The van der Waals surface area contributed by atoms with Gasteiger partial charge in [0.15, 0.2) is 0 Å². The van der Waals surface area contributed by atoms with Crippen molar-refractivity contribution in [1.82, 2.24) is 0 Å². The topological polar surface area (TPSA) is 73.8 Å². The standard InChI is InChI=1S/C20H30O4/c1-18(2)7-5-8-19(3)12-10-13-11(6-9-24-13)20(4,23)14(12)15(21)16(22)17(18)19/h6,9,12,14-17,21-23H,5,7-8,10H2,1-4H3/t12-,14+,15+,16+,17+,19+,20+/m0/s1. The molecule has 134 valence electrons. The van der Waals surface area contributed by atoms with Gasteiger partial charge in [0.2, 0.25) is 0 Å². The van der Waals surface area contributed by atoms with Crippen molar-refractivity contribution in [3.8, 4) is 0 Å². The van der Waals surface area contributed by atoms with E-state index in [1.807, 2.05) is 6.07 Å². The van der Waals surface area contributed by atoms with Gasteiger partial charge >= 0.3 is 0 Å². The van der Waals surface area contributed by atoms with Crippen LogP contribution in [0.1, 0.15) is 58.3 Å². The van der Waals surface area contributed by atoms with Crippen molar-refractivity contribution in [3.63, 3.8) is 0 Å².